The van der Waals surface area contributed by atoms with Crippen molar-refractivity contribution < 1.29 is 18.7 Å². The molecule has 0 spiro atoms. The van der Waals surface area contributed by atoms with Crippen LogP contribution in [0.2, 0.25) is 0 Å². The topological polar surface area (TPSA) is 81.4 Å². The van der Waals surface area contributed by atoms with Gasteiger partial charge in [0, 0.05) is 33.4 Å². The van der Waals surface area contributed by atoms with Crippen molar-refractivity contribution in [3.8, 4) is 0 Å². The largest absolute Gasteiger partial charge is 0.462 e. The first-order chi connectivity index (χ1) is 12.5. The number of nitrogens with two attached hydrogens (primary N) is 1. The van der Waals surface area contributed by atoms with E-state index in [9.17, 15) is 14.0 Å². The van der Waals surface area contributed by atoms with Gasteiger partial charge in [0.15, 0.2) is 0 Å². The number of carbonyl (C=O) groups is 2. The predicted octanol–water partition coefficient (Wildman–Crippen LogP) is 3.93. The fourth-order valence-electron chi connectivity index (χ4n) is 2.64. The smallest absolute Gasteiger partial charge is 0.348 e. The highest BCUT2D eigenvalue weighted by Crippen LogP contribution is 2.34. The molecule has 0 bridgehead atoms. The lowest BCUT2D eigenvalue weighted by Gasteiger charge is -2.09. The fraction of sp³-hybridized carbons (Fsp3) is 0.158. The third kappa shape index (κ3) is 3.52. The van der Waals surface area contributed by atoms with Gasteiger partial charge in [-0.3, -0.25) is 4.79 Å². The number of halogens is 1. The molecule has 0 saturated heterocycles. The third-order valence-corrected chi connectivity index (χ3v) is 5.04. The van der Waals surface area contributed by atoms with Gasteiger partial charge in [0.25, 0.3) is 0 Å². The molecule has 3 N–H and O–H groups in total. The number of anilines is 1. The van der Waals surface area contributed by atoms with E-state index in [0.29, 0.717) is 26.1 Å². The molecule has 3 rings (SSSR count). The van der Waals surface area contributed by atoms with Gasteiger partial charge in [0.2, 0.25) is 5.91 Å². The summed E-state index contributed by atoms with van der Waals surface area (Å²) in [5.41, 5.74) is 6.90. The predicted molar refractivity (Wildman–Crippen MR) is 100 cm³/mol. The molecule has 0 aliphatic carbocycles. The van der Waals surface area contributed by atoms with Gasteiger partial charge in [0.05, 0.1) is 6.61 Å². The Labute approximate surface area is 153 Å². The molecule has 1 amide bonds. The summed E-state index contributed by atoms with van der Waals surface area (Å²) in [6.07, 6.45) is 0. The van der Waals surface area contributed by atoms with Crippen LogP contribution in [-0.4, -0.2) is 18.5 Å². The fourth-order valence-corrected chi connectivity index (χ4v) is 3.77. The van der Waals surface area contributed by atoms with Gasteiger partial charge < -0.3 is 15.8 Å². The van der Waals surface area contributed by atoms with Crippen LogP contribution in [0.1, 0.15) is 32.5 Å². The van der Waals surface area contributed by atoms with Crippen molar-refractivity contribution in [1.82, 2.24) is 0 Å². The number of fused-ring (bicyclic) bond motifs is 1. The van der Waals surface area contributed by atoms with E-state index < -0.39 is 11.9 Å². The lowest BCUT2D eigenvalue weighted by molar-refractivity contribution is 0.0531. The molecule has 7 heteroatoms. The van der Waals surface area contributed by atoms with Gasteiger partial charge in [-0.2, -0.15) is 0 Å². The maximum Gasteiger partial charge on any atom is 0.348 e. The Bertz CT molecular complexity index is 967. The van der Waals surface area contributed by atoms with E-state index in [1.807, 2.05) is 0 Å². The molecular formula is C19H17FN2O3S. The Morgan fingerprint density at radius 2 is 1.92 bits per heavy atom. The number of amides is 1. The van der Waals surface area contributed by atoms with E-state index in [-0.39, 0.29) is 19.0 Å². The second-order valence-electron chi connectivity index (χ2n) is 5.54. The van der Waals surface area contributed by atoms with Crippen LogP contribution in [0.4, 0.5) is 10.1 Å². The third-order valence-electron chi connectivity index (χ3n) is 3.86. The van der Waals surface area contributed by atoms with E-state index in [1.165, 1.54) is 17.4 Å². The first kappa shape index (κ1) is 17.9. The molecule has 134 valence electrons. The van der Waals surface area contributed by atoms with Gasteiger partial charge in [-0.25, -0.2) is 9.18 Å². The van der Waals surface area contributed by atoms with E-state index >= 15 is 0 Å². The van der Waals surface area contributed by atoms with Crippen LogP contribution >= 0.6 is 11.3 Å². The standard InChI is InChI=1S/C19H17FN2O3S/c1-2-25-19(24)17-13(16-14(20)4-3-5-15(16)26-17)10-22-12-8-6-11(7-9-12)18(21)23/h3-9,22H,2,10H2,1H3,(H2,21,23). The molecular weight excluding hydrogens is 355 g/mol. The molecule has 0 fully saturated rings. The van der Waals surface area contributed by atoms with Crippen LogP contribution in [-0.2, 0) is 11.3 Å². The summed E-state index contributed by atoms with van der Waals surface area (Å²) in [5.74, 6) is -1.35. The summed E-state index contributed by atoms with van der Waals surface area (Å²) in [4.78, 5) is 23.8. The highest BCUT2D eigenvalue weighted by molar-refractivity contribution is 7.21. The molecule has 5 nitrogen and oxygen atoms in total. The molecule has 0 aliphatic rings. The van der Waals surface area contributed by atoms with E-state index in [0.717, 1.165) is 5.69 Å². The molecule has 26 heavy (non-hydrogen) atoms. The minimum Gasteiger partial charge on any atom is -0.462 e. The number of carbonyl (C=O) groups excluding carboxylic acids is 2. The van der Waals surface area contributed by atoms with Gasteiger partial charge in [0.1, 0.15) is 10.7 Å². The number of benzene rings is 2. The van der Waals surface area contributed by atoms with E-state index in [4.69, 9.17) is 10.5 Å². The number of nitrogens with one attached hydrogen (secondary N) is 1. The molecule has 1 aromatic heterocycles. The first-order valence-electron chi connectivity index (χ1n) is 8.02. The SMILES string of the molecule is CCOC(=O)c1sc2cccc(F)c2c1CNc1ccc(C(N)=O)cc1. The van der Waals surface area contributed by atoms with Crippen molar-refractivity contribution in [2.75, 3.05) is 11.9 Å². The summed E-state index contributed by atoms with van der Waals surface area (Å²) in [7, 11) is 0. The Kier molecular flexibility index (Phi) is 5.18. The molecule has 0 atom stereocenters. The summed E-state index contributed by atoms with van der Waals surface area (Å²) in [6, 6.07) is 11.4. The Balaban J connectivity index is 1.93. The molecule has 3 aromatic rings. The molecule has 1 heterocycles. The van der Waals surface area contributed by atoms with Crippen LogP contribution in [0.15, 0.2) is 42.5 Å². The van der Waals surface area contributed by atoms with Crippen LogP contribution in [0.5, 0.6) is 0 Å². The van der Waals surface area contributed by atoms with Crippen LogP contribution in [0.3, 0.4) is 0 Å². The van der Waals surface area contributed by atoms with Crippen molar-refractivity contribution in [2.45, 2.75) is 13.5 Å². The summed E-state index contributed by atoms with van der Waals surface area (Å²) >= 11 is 1.21. The minimum atomic E-state index is -0.507. The number of hydrogen-bond donors (Lipinski definition) is 2. The van der Waals surface area contributed by atoms with Crippen molar-refractivity contribution in [1.29, 1.82) is 0 Å². The second kappa shape index (κ2) is 7.53. The van der Waals surface area contributed by atoms with Crippen molar-refractivity contribution in [3.63, 3.8) is 0 Å². The Hall–Kier alpha value is -2.93. The quantitative estimate of drug-likeness (QED) is 0.643. The Morgan fingerprint density at radius 1 is 1.19 bits per heavy atom. The van der Waals surface area contributed by atoms with Gasteiger partial charge in [-0.05, 0) is 43.3 Å². The van der Waals surface area contributed by atoms with Gasteiger partial charge in [-0.15, -0.1) is 11.3 Å². The highest BCUT2D eigenvalue weighted by atomic mass is 32.1. The maximum atomic E-state index is 14.4. The van der Waals surface area contributed by atoms with E-state index in [2.05, 4.69) is 5.32 Å². The average Bonchev–Trinajstić information content (AvgIpc) is 3.00. The summed E-state index contributed by atoms with van der Waals surface area (Å²) in [5, 5.41) is 3.57. The molecule has 0 saturated carbocycles. The van der Waals surface area contributed by atoms with Crippen LogP contribution in [0, 0.1) is 5.82 Å². The van der Waals surface area contributed by atoms with Gasteiger partial charge in [-0.1, -0.05) is 6.07 Å². The summed E-state index contributed by atoms with van der Waals surface area (Å²) < 4.78 is 20.1. The molecule has 0 aliphatic heterocycles. The van der Waals surface area contributed by atoms with Crippen LogP contribution < -0.4 is 11.1 Å². The lowest BCUT2D eigenvalue weighted by atomic mass is 10.1. The van der Waals surface area contributed by atoms with Crippen molar-refractivity contribution >= 4 is 39.0 Å². The minimum absolute atomic E-state index is 0.241. The highest BCUT2D eigenvalue weighted by Gasteiger charge is 2.21. The molecule has 0 unspecified atom stereocenters. The van der Waals surface area contributed by atoms with Gasteiger partial charge >= 0.3 is 5.97 Å². The molecule has 0 radical (unpaired) electrons. The van der Waals surface area contributed by atoms with Crippen molar-refractivity contribution in [3.05, 3.63) is 64.3 Å². The number of thiophene rings is 1. The number of ether oxygens (including phenoxy) is 1. The first-order valence-corrected chi connectivity index (χ1v) is 8.83. The summed E-state index contributed by atoms with van der Waals surface area (Å²) in [6.45, 7) is 2.21. The van der Waals surface area contributed by atoms with Crippen molar-refractivity contribution in [2.24, 2.45) is 5.73 Å². The van der Waals surface area contributed by atoms with Crippen LogP contribution in [0.25, 0.3) is 10.1 Å². The lowest BCUT2D eigenvalue weighted by Crippen LogP contribution is -2.11. The zero-order valence-electron chi connectivity index (χ0n) is 14.0. The zero-order valence-corrected chi connectivity index (χ0v) is 14.9. The zero-order chi connectivity index (χ0) is 18.7. The Morgan fingerprint density at radius 3 is 2.58 bits per heavy atom. The maximum absolute atomic E-state index is 14.4. The second-order valence-corrected chi connectivity index (χ2v) is 6.59. The molecule has 2 aromatic carbocycles. The van der Waals surface area contributed by atoms with E-state index in [1.54, 1.807) is 43.3 Å². The normalized spacial score (nSPS) is 10.7. The number of primary amides is 1. The monoisotopic (exact) mass is 372 g/mol. The number of esters is 1. The average molecular weight is 372 g/mol. The number of hydrogen-bond acceptors (Lipinski definition) is 5. The number of rotatable bonds is 6.